The van der Waals surface area contributed by atoms with Gasteiger partial charge in [-0.25, -0.2) is 9.97 Å². The summed E-state index contributed by atoms with van der Waals surface area (Å²) in [6, 6.07) is 12.1. The van der Waals surface area contributed by atoms with Crippen LogP contribution in [-0.2, 0) is 24.2 Å². The monoisotopic (exact) mass is 405 g/mol. The zero-order valence-electron chi connectivity index (χ0n) is 17.5. The van der Waals surface area contributed by atoms with E-state index in [2.05, 4.69) is 27.3 Å². The van der Waals surface area contributed by atoms with Gasteiger partial charge in [0.2, 0.25) is 0 Å². The maximum atomic E-state index is 5.26. The summed E-state index contributed by atoms with van der Waals surface area (Å²) in [4.78, 5) is 16.3. The number of aromatic nitrogens is 3. The van der Waals surface area contributed by atoms with Gasteiger partial charge in [-0.15, -0.1) is 0 Å². The lowest BCUT2D eigenvalue weighted by molar-refractivity contribution is 0.210. The number of hydrogen-bond donors (Lipinski definition) is 1. The van der Waals surface area contributed by atoms with Crippen molar-refractivity contribution in [2.75, 3.05) is 39.2 Å². The summed E-state index contributed by atoms with van der Waals surface area (Å²) in [5.41, 5.74) is 4.53. The van der Waals surface area contributed by atoms with Crippen molar-refractivity contribution < 1.29 is 9.47 Å². The van der Waals surface area contributed by atoms with Gasteiger partial charge in [-0.2, -0.15) is 0 Å². The van der Waals surface area contributed by atoms with Crippen LogP contribution in [0.5, 0.6) is 5.75 Å². The Morgan fingerprint density at radius 3 is 2.57 bits per heavy atom. The van der Waals surface area contributed by atoms with E-state index in [1.54, 1.807) is 26.6 Å². The van der Waals surface area contributed by atoms with E-state index in [1.807, 2.05) is 24.3 Å². The van der Waals surface area contributed by atoms with Crippen LogP contribution in [0, 0.1) is 0 Å². The number of hydrogen-bond acceptors (Lipinski definition) is 7. The summed E-state index contributed by atoms with van der Waals surface area (Å²) in [6.07, 6.45) is 4.44. The van der Waals surface area contributed by atoms with Crippen molar-refractivity contribution in [3.63, 3.8) is 0 Å². The minimum Gasteiger partial charge on any atom is -0.497 e. The molecule has 1 aromatic carbocycles. The number of nitrogens with zero attached hydrogens (tertiary/aromatic N) is 4. The average molecular weight is 406 g/mol. The van der Waals surface area contributed by atoms with Gasteiger partial charge >= 0.3 is 0 Å². The minimum atomic E-state index is 0.624. The summed E-state index contributed by atoms with van der Waals surface area (Å²) in [7, 11) is 3.39. The summed E-state index contributed by atoms with van der Waals surface area (Å²) in [5.74, 6) is 2.51. The molecule has 0 aliphatic carbocycles. The first-order chi connectivity index (χ1) is 14.8. The number of ether oxygens (including phenoxy) is 2. The lowest BCUT2D eigenvalue weighted by Crippen LogP contribution is -2.32. The molecule has 0 spiro atoms. The second-order valence-corrected chi connectivity index (χ2v) is 7.29. The highest BCUT2D eigenvalue weighted by Crippen LogP contribution is 2.28. The Hall–Kier alpha value is -3.03. The smallest absolute Gasteiger partial charge is 0.161 e. The summed E-state index contributed by atoms with van der Waals surface area (Å²) < 4.78 is 10.5. The molecule has 0 saturated carbocycles. The van der Waals surface area contributed by atoms with E-state index in [1.165, 1.54) is 11.1 Å². The molecule has 0 amide bonds. The predicted octanol–water partition coefficient (Wildman–Crippen LogP) is 3.16. The zero-order chi connectivity index (χ0) is 20.8. The molecule has 4 rings (SSSR count). The van der Waals surface area contributed by atoms with Crippen LogP contribution in [-0.4, -0.2) is 53.8 Å². The zero-order valence-corrected chi connectivity index (χ0v) is 17.5. The average Bonchev–Trinajstić information content (AvgIpc) is 2.80. The van der Waals surface area contributed by atoms with Crippen LogP contribution in [0.3, 0.4) is 0 Å². The van der Waals surface area contributed by atoms with Gasteiger partial charge in [0, 0.05) is 63.2 Å². The van der Waals surface area contributed by atoms with Gasteiger partial charge in [-0.05, 0) is 29.8 Å². The fourth-order valence-corrected chi connectivity index (χ4v) is 3.64. The van der Waals surface area contributed by atoms with Gasteiger partial charge in [0.1, 0.15) is 11.6 Å². The lowest BCUT2D eigenvalue weighted by atomic mass is 10.0. The molecule has 7 heteroatoms. The highest BCUT2D eigenvalue weighted by molar-refractivity contribution is 5.59. The number of nitrogens with one attached hydrogen (secondary N) is 1. The van der Waals surface area contributed by atoms with E-state index in [0.29, 0.717) is 13.2 Å². The predicted molar refractivity (Wildman–Crippen MR) is 116 cm³/mol. The Balaban J connectivity index is 1.57. The van der Waals surface area contributed by atoms with Crippen LogP contribution >= 0.6 is 0 Å². The minimum absolute atomic E-state index is 0.624. The maximum absolute atomic E-state index is 5.26. The standard InChI is InChI=1S/C23H27N5O2/c1-29-14-12-25-23-20-16-28(15-17-3-5-19(30-2)6-4-17)13-9-21(20)26-22(27-23)18-7-10-24-11-8-18/h3-8,10-11H,9,12-16H2,1-2H3,(H,25,26,27). The Labute approximate surface area is 177 Å². The molecule has 0 bridgehead atoms. The van der Waals surface area contributed by atoms with E-state index in [-0.39, 0.29) is 0 Å². The summed E-state index contributed by atoms with van der Waals surface area (Å²) in [6.45, 7) is 3.98. The van der Waals surface area contributed by atoms with Crippen LogP contribution < -0.4 is 10.1 Å². The highest BCUT2D eigenvalue weighted by atomic mass is 16.5. The van der Waals surface area contributed by atoms with Crippen LogP contribution in [0.1, 0.15) is 16.8 Å². The van der Waals surface area contributed by atoms with Crippen LogP contribution in [0.25, 0.3) is 11.4 Å². The van der Waals surface area contributed by atoms with Gasteiger partial charge in [0.15, 0.2) is 5.82 Å². The van der Waals surface area contributed by atoms with Crippen molar-refractivity contribution in [3.05, 3.63) is 65.6 Å². The molecule has 0 atom stereocenters. The first-order valence-electron chi connectivity index (χ1n) is 10.1. The van der Waals surface area contributed by atoms with Gasteiger partial charge in [0.25, 0.3) is 0 Å². The first-order valence-corrected chi connectivity index (χ1v) is 10.1. The molecular formula is C23H27N5O2. The quantitative estimate of drug-likeness (QED) is 0.577. The van der Waals surface area contributed by atoms with E-state index < -0.39 is 0 Å². The summed E-state index contributed by atoms with van der Waals surface area (Å²) >= 11 is 0. The van der Waals surface area contributed by atoms with Crippen molar-refractivity contribution >= 4 is 5.82 Å². The molecule has 30 heavy (non-hydrogen) atoms. The normalized spacial score (nSPS) is 13.7. The van der Waals surface area contributed by atoms with Gasteiger partial charge in [-0.3, -0.25) is 9.88 Å². The largest absolute Gasteiger partial charge is 0.497 e. The molecule has 1 aliphatic rings. The molecule has 1 aliphatic heterocycles. The van der Waals surface area contributed by atoms with E-state index in [0.717, 1.165) is 54.7 Å². The van der Waals surface area contributed by atoms with Crippen LogP contribution in [0.4, 0.5) is 5.82 Å². The van der Waals surface area contributed by atoms with E-state index in [9.17, 15) is 0 Å². The topological polar surface area (TPSA) is 72.4 Å². The van der Waals surface area contributed by atoms with Crippen LogP contribution in [0.15, 0.2) is 48.8 Å². The Bertz CT molecular complexity index is 963. The highest BCUT2D eigenvalue weighted by Gasteiger charge is 2.23. The first kappa shape index (κ1) is 20.3. The van der Waals surface area contributed by atoms with E-state index >= 15 is 0 Å². The number of benzene rings is 1. The fourth-order valence-electron chi connectivity index (χ4n) is 3.64. The molecule has 0 unspecified atom stereocenters. The van der Waals surface area contributed by atoms with Gasteiger partial charge in [-0.1, -0.05) is 12.1 Å². The molecule has 0 fully saturated rings. The molecule has 0 saturated heterocycles. The number of methoxy groups -OCH3 is 2. The second-order valence-electron chi connectivity index (χ2n) is 7.29. The summed E-state index contributed by atoms with van der Waals surface area (Å²) in [5, 5.41) is 3.45. The number of fused-ring (bicyclic) bond motifs is 1. The van der Waals surface area contributed by atoms with Crippen molar-refractivity contribution in [2.45, 2.75) is 19.5 Å². The van der Waals surface area contributed by atoms with Crippen molar-refractivity contribution in [1.29, 1.82) is 0 Å². The Morgan fingerprint density at radius 1 is 1.03 bits per heavy atom. The molecule has 3 heterocycles. The molecular weight excluding hydrogens is 378 g/mol. The van der Waals surface area contributed by atoms with Gasteiger partial charge in [0.05, 0.1) is 19.4 Å². The second kappa shape index (κ2) is 9.65. The SMILES string of the molecule is COCCNc1nc(-c2ccncc2)nc2c1CN(Cc1ccc(OC)cc1)CC2. The third-order valence-electron chi connectivity index (χ3n) is 5.24. The number of anilines is 1. The number of pyridine rings is 1. The molecule has 156 valence electrons. The molecule has 0 radical (unpaired) electrons. The van der Waals surface area contributed by atoms with Crippen molar-refractivity contribution in [1.82, 2.24) is 19.9 Å². The van der Waals surface area contributed by atoms with Crippen molar-refractivity contribution in [2.24, 2.45) is 0 Å². The number of rotatable bonds is 8. The third-order valence-corrected chi connectivity index (χ3v) is 5.24. The van der Waals surface area contributed by atoms with Gasteiger partial charge < -0.3 is 14.8 Å². The van der Waals surface area contributed by atoms with Crippen LogP contribution in [0.2, 0.25) is 0 Å². The molecule has 2 aromatic heterocycles. The Kier molecular flexibility index (Phi) is 6.51. The maximum Gasteiger partial charge on any atom is 0.161 e. The molecule has 7 nitrogen and oxygen atoms in total. The third kappa shape index (κ3) is 4.75. The lowest BCUT2D eigenvalue weighted by Gasteiger charge is -2.30. The Morgan fingerprint density at radius 2 is 1.83 bits per heavy atom. The van der Waals surface area contributed by atoms with E-state index in [4.69, 9.17) is 19.4 Å². The van der Waals surface area contributed by atoms with Crippen molar-refractivity contribution in [3.8, 4) is 17.1 Å². The fraction of sp³-hybridized carbons (Fsp3) is 0.348. The molecule has 3 aromatic rings. The molecule has 1 N–H and O–H groups in total.